The zero-order valence-corrected chi connectivity index (χ0v) is 15.7. The lowest BCUT2D eigenvalue weighted by atomic mass is 9.82. The van der Waals surface area contributed by atoms with Crippen LogP contribution in [0.3, 0.4) is 0 Å². The summed E-state index contributed by atoms with van der Waals surface area (Å²) in [7, 11) is 0. The largest absolute Gasteiger partial charge is 0.309 e. The van der Waals surface area contributed by atoms with Gasteiger partial charge in [-0.1, -0.05) is 37.3 Å². The molecule has 2 nitrogen and oxygen atoms in total. The SMILES string of the molecule is CC1CCC(C(=O)N(c2csc(-c3ccccc3)c2)C(C)C)CC1. The van der Waals surface area contributed by atoms with Gasteiger partial charge in [0.1, 0.15) is 0 Å². The molecule has 1 amide bonds. The number of carbonyl (C=O) groups is 1. The van der Waals surface area contributed by atoms with Gasteiger partial charge in [0.05, 0.1) is 5.69 Å². The first-order valence-corrected chi connectivity index (χ1v) is 9.91. The first kappa shape index (κ1) is 17.2. The summed E-state index contributed by atoms with van der Waals surface area (Å²) in [6.45, 7) is 6.53. The number of amides is 1. The Hall–Kier alpha value is -1.61. The molecular weight excluding hydrogens is 314 g/mol. The average molecular weight is 342 g/mol. The smallest absolute Gasteiger partial charge is 0.230 e. The molecule has 2 aromatic rings. The summed E-state index contributed by atoms with van der Waals surface area (Å²) < 4.78 is 0. The Morgan fingerprint density at radius 2 is 1.79 bits per heavy atom. The molecule has 1 fully saturated rings. The molecule has 0 bridgehead atoms. The molecule has 0 atom stereocenters. The molecule has 24 heavy (non-hydrogen) atoms. The Morgan fingerprint density at radius 3 is 2.42 bits per heavy atom. The Labute approximate surface area is 149 Å². The predicted octanol–water partition coefficient (Wildman–Crippen LogP) is 5.98. The van der Waals surface area contributed by atoms with Gasteiger partial charge in [-0.05, 0) is 57.1 Å². The van der Waals surface area contributed by atoms with E-state index < -0.39 is 0 Å². The molecule has 1 saturated carbocycles. The molecule has 3 heteroatoms. The minimum atomic E-state index is 0.190. The van der Waals surface area contributed by atoms with E-state index in [1.807, 2.05) is 11.0 Å². The van der Waals surface area contributed by atoms with Crippen molar-refractivity contribution in [3.8, 4) is 10.4 Å². The molecule has 128 valence electrons. The van der Waals surface area contributed by atoms with Gasteiger partial charge in [-0.3, -0.25) is 4.79 Å². The topological polar surface area (TPSA) is 20.3 Å². The van der Waals surface area contributed by atoms with Crippen molar-refractivity contribution in [1.82, 2.24) is 0 Å². The van der Waals surface area contributed by atoms with Crippen LogP contribution in [-0.2, 0) is 4.79 Å². The quantitative estimate of drug-likeness (QED) is 0.669. The van der Waals surface area contributed by atoms with Gasteiger partial charge in [-0.25, -0.2) is 0 Å². The normalized spacial score (nSPS) is 21.0. The number of rotatable bonds is 4. The van der Waals surface area contributed by atoms with Gasteiger partial charge >= 0.3 is 0 Å². The predicted molar refractivity (Wildman–Crippen MR) is 103 cm³/mol. The molecule has 1 aliphatic carbocycles. The summed E-state index contributed by atoms with van der Waals surface area (Å²) in [6.07, 6.45) is 4.44. The first-order valence-electron chi connectivity index (χ1n) is 9.03. The number of nitrogens with zero attached hydrogens (tertiary/aromatic N) is 1. The molecule has 3 rings (SSSR count). The van der Waals surface area contributed by atoms with E-state index >= 15 is 0 Å². The molecule has 1 heterocycles. The third-order valence-corrected chi connectivity index (χ3v) is 6.01. The van der Waals surface area contributed by atoms with Crippen molar-refractivity contribution in [3.63, 3.8) is 0 Å². The van der Waals surface area contributed by atoms with Crippen LogP contribution < -0.4 is 4.90 Å². The molecule has 0 spiro atoms. The maximum absolute atomic E-state index is 13.1. The van der Waals surface area contributed by atoms with Crippen LogP contribution in [0.2, 0.25) is 0 Å². The van der Waals surface area contributed by atoms with E-state index in [0.717, 1.165) is 24.4 Å². The highest BCUT2D eigenvalue weighted by Gasteiger charge is 2.30. The van der Waals surface area contributed by atoms with Crippen molar-refractivity contribution in [2.24, 2.45) is 11.8 Å². The fourth-order valence-corrected chi connectivity index (χ4v) is 4.48. The lowest BCUT2D eigenvalue weighted by molar-refractivity contribution is -0.123. The molecule has 1 aromatic heterocycles. The second-order valence-corrected chi connectivity index (χ2v) is 8.21. The Morgan fingerprint density at radius 1 is 1.12 bits per heavy atom. The van der Waals surface area contributed by atoms with Crippen LogP contribution in [0, 0.1) is 11.8 Å². The molecular formula is C21H27NOS. The molecule has 1 aliphatic rings. The molecule has 0 N–H and O–H groups in total. The van der Waals surface area contributed by atoms with Crippen molar-refractivity contribution in [2.75, 3.05) is 4.90 Å². The van der Waals surface area contributed by atoms with Crippen molar-refractivity contribution < 1.29 is 4.79 Å². The van der Waals surface area contributed by atoms with Crippen LogP contribution in [0.1, 0.15) is 46.5 Å². The van der Waals surface area contributed by atoms with Gasteiger partial charge in [0.2, 0.25) is 5.91 Å². The number of carbonyl (C=O) groups excluding carboxylic acids is 1. The summed E-state index contributed by atoms with van der Waals surface area (Å²) in [5.74, 6) is 1.28. The van der Waals surface area contributed by atoms with Gasteiger partial charge in [0.15, 0.2) is 0 Å². The van der Waals surface area contributed by atoms with Crippen molar-refractivity contribution in [1.29, 1.82) is 0 Å². The van der Waals surface area contributed by atoms with Gasteiger partial charge in [0.25, 0.3) is 0 Å². The van der Waals surface area contributed by atoms with E-state index in [2.05, 4.69) is 56.5 Å². The lowest BCUT2D eigenvalue weighted by Gasteiger charge is -2.33. The van der Waals surface area contributed by atoms with E-state index in [-0.39, 0.29) is 12.0 Å². The van der Waals surface area contributed by atoms with Crippen LogP contribution in [-0.4, -0.2) is 11.9 Å². The highest BCUT2D eigenvalue weighted by atomic mass is 32.1. The van der Waals surface area contributed by atoms with Gasteiger partial charge in [-0.15, -0.1) is 11.3 Å². The van der Waals surface area contributed by atoms with Crippen LogP contribution in [0.15, 0.2) is 41.8 Å². The van der Waals surface area contributed by atoms with Crippen molar-refractivity contribution in [2.45, 2.75) is 52.5 Å². The number of anilines is 1. The monoisotopic (exact) mass is 341 g/mol. The summed E-state index contributed by atoms with van der Waals surface area (Å²) in [6, 6.07) is 12.8. The maximum Gasteiger partial charge on any atom is 0.230 e. The van der Waals surface area contributed by atoms with Gasteiger partial charge in [0, 0.05) is 22.2 Å². The second-order valence-electron chi connectivity index (χ2n) is 7.29. The molecule has 0 saturated heterocycles. The summed E-state index contributed by atoms with van der Waals surface area (Å²) in [5, 5.41) is 2.13. The summed E-state index contributed by atoms with van der Waals surface area (Å²) in [4.78, 5) is 16.4. The maximum atomic E-state index is 13.1. The molecule has 0 radical (unpaired) electrons. The van der Waals surface area contributed by atoms with E-state index in [9.17, 15) is 4.79 Å². The van der Waals surface area contributed by atoms with Gasteiger partial charge < -0.3 is 4.90 Å². The number of thiophene rings is 1. The fourth-order valence-electron chi connectivity index (χ4n) is 3.59. The molecule has 1 aromatic carbocycles. The highest BCUT2D eigenvalue weighted by Crippen LogP contribution is 2.35. The average Bonchev–Trinajstić information content (AvgIpc) is 3.05. The fraction of sp³-hybridized carbons (Fsp3) is 0.476. The number of benzene rings is 1. The lowest BCUT2D eigenvalue weighted by Crippen LogP contribution is -2.41. The standard InChI is InChI=1S/C21H27NOS/c1-15(2)22(21(23)18-11-9-16(3)10-12-18)19-13-20(24-14-19)17-7-5-4-6-8-17/h4-8,13-16,18H,9-12H2,1-3H3. The van der Waals surface area contributed by atoms with E-state index in [4.69, 9.17) is 0 Å². The molecule has 0 aliphatic heterocycles. The number of hydrogen-bond donors (Lipinski definition) is 0. The van der Waals surface area contributed by atoms with Gasteiger partial charge in [-0.2, -0.15) is 0 Å². The second kappa shape index (κ2) is 7.52. The Bertz CT molecular complexity index is 668. The third kappa shape index (κ3) is 3.72. The highest BCUT2D eigenvalue weighted by molar-refractivity contribution is 7.14. The van der Waals surface area contributed by atoms with Crippen molar-refractivity contribution in [3.05, 3.63) is 41.8 Å². The van der Waals surface area contributed by atoms with Crippen LogP contribution in [0.5, 0.6) is 0 Å². The number of hydrogen-bond acceptors (Lipinski definition) is 2. The summed E-state index contributed by atoms with van der Waals surface area (Å²) >= 11 is 1.72. The third-order valence-electron chi connectivity index (χ3n) is 5.04. The minimum Gasteiger partial charge on any atom is -0.309 e. The zero-order chi connectivity index (χ0) is 17.1. The van der Waals surface area contributed by atoms with Crippen LogP contribution >= 0.6 is 11.3 Å². The molecule has 0 unspecified atom stereocenters. The van der Waals surface area contributed by atoms with Crippen molar-refractivity contribution >= 4 is 22.9 Å². The first-order chi connectivity index (χ1) is 11.6. The van der Waals surface area contributed by atoms with E-state index in [0.29, 0.717) is 5.91 Å². The van der Waals surface area contributed by atoms with Crippen LogP contribution in [0.25, 0.3) is 10.4 Å². The van der Waals surface area contributed by atoms with E-state index in [1.54, 1.807) is 11.3 Å². The Kier molecular flexibility index (Phi) is 5.40. The summed E-state index contributed by atoms with van der Waals surface area (Å²) in [5.41, 5.74) is 2.27. The zero-order valence-electron chi connectivity index (χ0n) is 14.9. The van der Waals surface area contributed by atoms with E-state index in [1.165, 1.54) is 23.3 Å². The van der Waals surface area contributed by atoms with Crippen LogP contribution in [0.4, 0.5) is 5.69 Å². The Balaban J connectivity index is 1.81. The minimum absolute atomic E-state index is 0.190.